The summed E-state index contributed by atoms with van der Waals surface area (Å²) < 4.78 is 0. The lowest BCUT2D eigenvalue weighted by Gasteiger charge is -2.26. The lowest BCUT2D eigenvalue weighted by Crippen LogP contribution is -2.44. The van der Waals surface area contributed by atoms with Gasteiger partial charge < -0.3 is 5.32 Å². The molecular weight excluding hydrogens is 340 g/mol. The van der Waals surface area contributed by atoms with Gasteiger partial charge in [-0.1, -0.05) is 74.9 Å². The van der Waals surface area contributed by atoms with Gasteiger partial charge in [0.05, 0.1) is 6.54 Å². The number of urea groups is 1. The van der Waals surface area contributed by atoms with E-state index in [9.17, 15) is 14.4 Å². The zero-order valence-electron chi connectivity index (χ0n) is 15.7. The van der Waals surface area contributed by atoms with Crippen molar-refractivity contribution in [1.82, 2.24) is 10.2 Å². The van der Waals surface area contributed by atoms with E-state index < -0.39 is 11.6 Å². The van der Waals surface area contributed by atoms with Gasteiger partial charge in [0.2, 0.25) is 0 Å². The number of aryl methyl sites for hydroxylation is 1. The van der Waals surface area contributed by atoms with Gasteiger partial charge in [-0.05, 0) is 24.0 Å². The monoisotopic (exact) mass is 364 g/mol. The molecular formula is C22H24N2O3. The Hall–Kier alpha value is -2.95. The second kappa shape index (κ2) is 7.74. The third-order valence-corrected chi connectivity index (χ3v) is 5.05. The Balaban J connectivity index is 1.85. The largest absolute Gasteiger partial charge is 0.325 e. The molecule has 1 N–H and O–H groups in total. The van der Waals surface area contributed by atoms with Crippen LogP contribution in [0.1, 0.15) is 48.2 Å². The van der Waals surface area contributed by atoms with Crippen LogP contribution in [0.15, 0.2) is 54.6 Å². The van der Waals surface area contributed by atoms with Gasteiger partial charge in [-0.2, -0.15) is 0 Å². The highest BCUT2D eigenvalue weighted by atomic mass is 16.2. The molecule has 2 aromatic carbocycles. The number of benzene rings is 2. The molecule has 0 saturated carbocycles. The molecule has 1 unspecified atom stereocenters. The van der Waals surface area contributed by atoms with Crippen molar-refractivity contribution >= 4 is 17.7 Å². The van der Waals surface area contributed by atoms with Crippen molar-refractivity contribution in [3.63, 3.8) is 0 Å². The Bertz CT molecular complexity index is 846. The Kier molecular flexibility index (Phi) is 5.40. The van der Waals surface area contributed by atoms with Crippen LogP contribution in [0.25, 0.3) is 0 Å². The van der Waals surface area contributed by atoms with Crippen LogP contribution >= 0.6 is 0 Å². The Morgan fingerprint density at radius 2 is 1.67 bits per heavy atom. The van der Waals surface area contributed by atoms with Gasteiger partial charge in [-0.25, -0.2) is 4.79 Å². The fourth-order valence-electron chi connectivity index (χ4n) is 3.54. The molecule has 1 aliphatic heterocycles. The number of hydrogen-bond acceptors (Lipinski definition) is 3. The number of nitrogens with one attached hydrogen (secondary N) is 1. The second-order valence-corrected chi connectivity index (χ2v) is 6.82. The molecule has 27 heavy (non-hydrogen) atoms. The summed E-state index contributed by atoms with van der Waals surface area (Å²) in [5.41, 5.74) is 1.28. The Labute approximate surface area is 159 Å². The molecule has 1 heterocycles. The van der Waals surface area contributed by atoms with Gasteiger partial charge in [0.1, 0.15) is 5.54 Å². The quantitative estimate of drug-likeness (QED) is 0.602. The smallest absolute Gasteiger partial charge is 0.319 e. The van der Waals surface area contributed by atoms with Crippen LogP contribution in [0.4, 0.5) is 4.79 Å². The number of nitrogens with zero attached hydrogens (tertiary/aromatic N) is 1. The minimum Gasteiger partial charge on any atom is -0.319 e. The van der Waals surface area contributed by atoms with Crippen LogP contribution < -0.4 is 5.32 Å². The van der Waals surface area contributed by atoms with Gasteiger partial charge in [0.25, 0.3) is 5.91 Å². The fourth-order valence-corrected chi connectivity index (χ4v) is 3.54. The van der Waals surface area contributed by atoms with E-state index in [-0.39, 0.29) is 18.2 Å². The molecule has 1 saturated heterocycles. The third kappa shape index (κ3) is 3.50. The molecule has 1 fully saturated rings. The molecule has 0 spiro atoms. The number of Topliss-reactive ketones (excluding diaryl/α,β-unsaturated/α-hetero) is 1. The third-order valence-electron chi connectivity index (χ3n) is 5.05. The summed E-state index contributed by atoms with van der Waals surface area (Å²) in [7, 11) is 0. The highest BCUT2D eigenvalue weighted by Gasteiger charge is 2.52. The van der Waals surface area contributed by atoms with Crippen molar-refractivity contribution in [2.45, 2.75) is 38.6 Å². The van der Waals surface area contributed by atoms with Crippen molar-refractivity contribution in [3.8, 4) is 0 Å². The first-order valence-electron chi connectivity index (χ1n) is 9.33. The van der Waals surface area contributed by atoms with Crippen LogP contribution in [-0.2, 0) is 16.8 Å². The zero-order valence-corrected chi connectivity index (χ0v) is 15.7. The summed E-state index contributed by atoms with van der Waals surface area (Å²) in [6, 6.07) is 16.0. The molecule has 5 nitrogen and oxygen atoms in total. The van der Waals surface area contributed by atoms with Crippen LogP contribution in [0.5, 0.6) is 0 Å². The molecule has 140 valence electrons. The second-order valence-electron chi connectivity index (χ2n) is 6.82. The number of amides is 3. The molecule has 2 aromatic rings. The fraction of sp³-hybridized carbons (Fsp3) is 0.318. The maximum Gasteiger partial charge on any atom is 0.325 e. The summed E-state index contributed by atoms with van der Waals surface area (Å²) >= 11 is 0. The van der Waals surface area contributed by atoms with Crippen LogP contribution in [0.3, 0.4) is 0 Å². The Morgan fingerprint density at radius 1 is 1.00 bits per heavy atom. The van der Waals surface area contributed by atoms with E-state index in [1.807, 2.05) is 56.3 Å². The molecule has 0 aromatic heterocycles. The van der Waals surface area contributed by atoms with Gasteiger partial charge >= 0.3 is 6.03 Å². The molecule has 0 bridgehead atoms. The molecule has 3 rings (SSSR count). The number of rotatable bonds is 7. The van der Waals surface area contributed by atoms with Crippen molar-refractivity contribution in [1.29, 1.82) is 0 Å². The lowest BCUT2D eigenvalue weighted by atomic mass is 9.85. The molecule has 5 heteroatoms. The van der Waals surface area contributed by atoms with Crippen molar-refractivity contribution in [2.24, 2.45) is 0 Å². The molecule has 0 radical (unpaired) electrons. The van der Waals surface area contributed by atoms with Gasteiger partial charge in [-0.3, -0.25) is 14.5 Å². The van der Waals surface area contributed by atoms with Crippen molar-refractivity contribution in [3.05, 3.63) is 71.3 Å². The van der Waals surface area contributed by atoms with E-state index >= 15 is 0 Å². The molecule has 1 atom stereocenters. The molecule has 0 aliphatic carbocycles. The summed E-state index contributed by atoms with van der Waals surface area (Å²) in [6.45, 7) is 3.75. The van der Waals surface area contributed by atoms with Crippen molar-refractivity contribution in [2.75, 3.05) is 6.54 Å². The average molecular weight is 364 g/mol. The number of ketones is 1. The normalized spacial score (nSPS) is 19.3. The highest BCUT2D eigenvalue weighted by molar-refractivity contribution is 6.11. The van der Waals surface area contributed by atoms with E-state index in [1.165, 1.54) is 0 Å². The average Bonchev–Trinajstić information content (AvgIpc) is 2.94. The zero-order chi connectivity index (χ0) is 19.4. The summed E-state index contributed by atoms with van der Waals surface area (Å²) in [6.07, 6.45) is 2.09. The van der Waals surface area contributed by atoms with Gasteiger partial charge in [0.15, 0.2) is 5.78 Å². The minimum atomic E-state index is -1.10. The maximum atomic E-state index is 13.2. The number of carbonyl (C=O) groups excluding carboxylic acids is 3. The van der Waals surface area contributed by atoms with Gasteiger partial charge in [0, 0.05) is 5.56 Å². The first-order valence-corrected chi connectivity index (χ1v) is 9.33. The van der Waals surface area contributed by atoms with Crippen molar-refractivity contribution < 1.29 is 14.4 Å². The van der Waals surface area contributed by atoms with E-state index in [4.69, 9.17) is 0 Å². The van der Waals surface area contributed by atoms with Crippen LogP contribution in [0.2, 0.25) is 0 Å². The first-order chi connectivity index (χ1) is 13.0. The predicted octanol–water partition coefficient (Wildman–Crippen LogP) is 3.68. The van der Waals surface area contributed by atoms with E-state index in [2.05, 4.69) is 5.32 Å². The maximum absolute atomic E-state index is 13.2. The topological polar surface area (TPSA) is 66.5 Å². The first kappa shape index (κ1) is 18.8. The lowest BCUT2D eigenvalue weighted by molar-refractivity contribution is -0.131. The number of carbonyl (C=O) groups is 3. The molecule has 1 aliphatic rings. The van der Waals surface area contributed by atoms with Crippen LogP contribution in [-0.4, -0.2) is 29.2 Å². The summed E-state index contributed by atoms with van der Waals surface area (Å²) in [4.78, 5) is 39.4. The summed E-state index contributed by atoms with van der Waals surface area (Å²) in [5.74, 6) is -0.611. The Morgan fingerprint density at radius 3 is 2.26 bits per heavy atom. The number of imide groups is 1. The predicted molar refractivity (Wildman–Crippen MR) is 103 cm³/mol. The standard InChI is InChI=1S/C22H24N2O3/c1-3-14-22(18-8-6-5-7-9-18)20(26)24(21(27)23-22)15-19(25)17-12-10-16(4-2)11-13-17/h5-13H,3-4,14-15H2,1-2H3,(H,23,27). The highest BCUT2D eigenvalue weighted by Crippen LogP contribution is 2.33. The number of hydrogen-bond donors (Lipinski definition) is 1. The van der Waals surface area contributed by atoms with E-state index in [1.54, 1.807) is 12.1 Å². The van der Waals surface area contributed by atoms with Gasteiger partial charge in [-0.15, -0.1) is 0 Å². The SMILES string of the molecule is CCCC1(c2ccccc2)NC(=O)N(CC(=O)c2ccc(CC)cc2)C1=O. The summed E-state index contributed by atoms with van der Waals surface area (Å²) in [5, 5.41) is 2.84. The van der Waals surface area contributed by atoms with E-state index in [0.29, 0.717) is 12.0 Å². The molecule has 3 amide bonds. The minimum absolute atomic E-state index is 0.249. The van der Waals surface area contributed by atoms with E-state index in [0.717, 1.165) is 28.9 Å². The van der Waals surface area contributed by atoms with Crippen LogP contribution in [0, 0.1) is 0 Å².